The van der Waals surface area contributed by atoms with Crippen molar-refractivity contribution in [1.82, 2.24) is 19.6 Å². The summed E-state index contributed by atoms with van der Waals surface area (Å²) in [5, 5.41) is 11.7. The Kier molecular flexibility index (Phi) is 3.34. The lowest BCUT2D eigenvalue weighted by Crippen LogP contribution is -2.03. The summed E-state index contributed by atoms with van der Waals surface area (Å²) in [6.45, 7) is 1.91. The van der Waals surface area contributed by atoms with Gasteiger partial charge >= 0.3 is 0 Å². The van der Waals surface area contributed by atoms with E-state index in [2.05, 4.69) is 20.5 Å². The number of fused-ring (bicyclic) bond motifs is 3. The SMILES string of the molecule is CCc1nnc2nc(Nc3ccccc3)c3cc(F)c(F)cc3n12. The van der Waals surface area contributed by atoms with Gasteiger partial charge in [0.15, 0.2) is 11.6 Å². The number of aromatic nitrogens is 4. The van der Waals surface area contributed by atoms with Crippen LogP contribution < -0.4 is 5.32 Å². The van der Waals surface area contributed by atoms with Crippen LogP contribution in [0.1, 0.15) is 12.7 Å². The summed E-state index contributed by atoms with van der Waals surface area (Å²) < 4.78 is 29.3. The van der Waals surface area contributed by atoms with Crippen molar-refractivity contribution in [3.63, 3.8) is 0 Å². The van der Waals surface area contributed by atoms with E-state index >= 15 is 0 Å². The monoisotopic (exact) mass is 325 g/mol. The van der Waals surface area contributed by atoms with Crippen molar-refractivity contribution in [3.8, 4) is 0 Å². The molecular formula is C17H13F2N5. The second-order valence-electron chi connectivity index (χ2n) is 5.34. The molecule has 0 radical (unpaired) electrons. The molecule has 120 valence electrons. The molecule has 0 saturated carbocycles. The van der Waals surface area contributed by atoms with E-state index < -0.39 is 11.6 Å². The van der Waals surface area contributed by atoms with E-state index in [-0.39, 0.29) is 0 Å². The molecule has 0 spiro atoms. The summed E-state index contributed by atoms with van der Waals surface area (Å²) in [5.74, 6) is -0.469. The minimum Gasteiger partial charge on any atom is -0.340 e. The number of hydrogen-bond acceptors (Lipinski definition) is 4. The summed E-state index contributed by atoms with van der Waals surface area (Å²) in [5.41, 5.74) is 1.26. The average molecular weight is 325 g/mol. The number of hydrogen-bond donors (Lipinski definition) is 1. The molecule has 0 aliphatic rings. The third kappa shape index (κ3) is 2.25. The highest BCUT2D eigenvalue weighted by Crippen LogP contribution is 2.28. The highest BCUT2D eigenvalue weighted by molar-refractivity contribution is 5.93. The molecule has 7 heteroatoms. The second kappa shape index (κ2) is 5.52. The molecule has 0 amide bonds. The van der Waals surface area contributed by atoms with Crippen molar-refractivity contribution in [2.24, 2.45) is 0 Å². The number of halogens is 2. The molecule has 1 N–H and O–H groups in total. The van der Waals surface area contributed by atoms with Gasteiger partial charge in [-0.05, 0) is 18.2 Å². The molecule has 24 heavy (non-hydrogen) atoms. The van der Waals surface area contributed by atoms with Crippen LogP contribution in [-0.4, -0.2) is 19.6 Å². The van der Waals surface area contributed by atoms with Crippen LogP contribution in [-0.2, 0) is 6.42 Å². The van der Waals surface area contributed by atoms with Crippen molar-refractivity contribution in [3.05, 3.63) is 59.9 Å². The topological polar surface area (TPSA) is 55.1 Å². The van der Waals surface area contributed by atoms with Crippen molar-refractivity contribution in [2.75, 3.05) is 5.32 Å². The number of rotatable bonds is 3. The first-order valence-electron chi connectivity index (χ1n) is 7.52. The predicted molar refractivity (Wildman–Crippen MR) is 87.3 cm³/mol. The normalized spacial score (nSPS) is 11.3. The molecule has 4 rings (SSSR count). The summed E-state index contributed by atoms with van der Waals surface area (Å²) in [6, 6.07) is 11.6. The van der Waals surface area contributed by atoms with Crippen molar-refractivity contribution >= 4 is 28.2 Å². The van der Waals surface area contributed by atoms with Crippen LogP contribution in [0.15, 0.2) is 42.5 Å². The number of aryl methyl sites for hydroxylation is 1. The predicted octanol–water partition coefficient (Wildman–Crippen LogP) is 3.86. The maximum atomic E-state index is 13.8. The lowest BCUT2D eigenvalue weighted by atomic mass is 10.2. The van der Waals surface area contributed by atoms with Crippen LogP contribution in [0.4, 0.5) is 20.3 Å². The van der Waals surface area contributed by atoms with Gasteiger partial charge in [0, 0.05) is 23.6 Å². The second-order valence-corrected chi connectivity index (χ2v) is 5.34. The van der Waals surface area contributed by atoms with E-state index in [1.807, 2.05) is 37.3 Å². The molecule has 0 aliphatic carbocycles. The van der Waals surface area contributed by atoms with Crippen LogP contribution in [0.5, 0.6) is 0 Å². The van der Waals surface area contributed by atoms with Crippen LogP contribution in [0.3, 0.4) is 0 Å². The highest BCUT2D eigenvalue weighted by atomic mass is 19.2. The molecule has 2 heterocycles. The Hall–Kier alpha value is -3.09. The first-order chi connectivity index (χ1) is 11.7. The molecule has 0 bridgehead atoms. The van der Waals surface area contributed by atoms with Crippen molar-refractivity contribution < 1.29 is 8.78 Å². The Labute approximate surface area is 136 Å². The van der Waals surface area contributed by atoms with Gasteiger partial charge in [-0.2, -0.15) is 4.98 Å². The average Bonchev–Trinajstić information content (AvgIpc) is 3.00. The van der Waals surface area contributed by atoms with Gasteiger partial charge in [0.05, 0.1) is 5.52 Å². The van der Waals surface area contributed by atoms with Crippen LogP contribution in [0, 0.1) is 11.6 Å². The molecule has 0 fully saturated rings. The van der Waals surface area contributed by atoms with Crippen molar-refractivity contribution in [2.45, 2.75) is 13.3 Å². The Bertz CT molecular complexity index is 1040. The summed E-state index contributed by atoms with van der Waals surface area (Å²) in [6.07, 6.45) is 0.600. The van der Waals surface area contributed by atoms with Gasteiger partial charge in [0.2, 0.25) is 0 Å². The minimum atomic E-state index is -0.925. The van der Waals surface area contributed by atoms with Gasteiger partial charge in [0.25, 0.3) is 5.78 Å². The van der Waals surface area contributed by atoms with Crippen LogP contribution in [0.2, 0.25) is 0 Å². The Morgan fingerprint density at radius 1 is 1.04 bits per heavy atom. The zero-order valence-corrected chi connectivity index (χ0v) is 12.8. The number of nitrogens with zero attached hydrogens (tertiary/aromatic N) is 4. The zero-order chi connectivity index (χ0) is 16.7. The smallest absolute Gasteiger partial charge is 0.257 e. The fraction of sp³-hybridized carbons (Fsp3) is 0.118. The molecule has 0 atom stereocenters. The minimum absolute atomic E-state index is 0.337. The largest absolute Gasteiger partial charge is 0.340 e. The van der Waals surface area contributed by atoms with E-state index in [1.54, 1.807) is 4.40 Å². The van der Waals surface area contributed by atoms with E-state index in [1.165, 1.54) is 0 Å². The molecule has 5 nitrogen and oxygen atoms in total. The fourth-order valence-corrected chi connectivity index (χ4v) is 2.68. The Morgan fingerprint density at radius 3 is 2.54 bits per heavy atom. The highest BCUT2D eigenvalue weighted by Gasteiger charge is 2.16. The van der Waals surface area contributed by atoms with Gasteiger partial charge in [-0.3, -0.25) is 4.40 Å². The molecular weight excluding hydrogens is 312 g/mol. The van der Waals surface area contributed by atoms with Gasteiger partial charge in [-0.1, -0.05) is 25.1 Å². The first kappa shape index (κ1) is 14.5. The van der Waals surface area contributed by atoms with Crippen LogP contribution >= 0.6 is 0 Å². The zero-order valence-electron chi connectivity index (χ0n) is 12.8. The van der Waals surface area contributed by atoms with Gasteiger partial charge in [-0.25, -0.2) is 8.78 Å². The standard InChI is InChI=1S/C17H13F2N5/c1-2-15-22-23-17-21-16(20-10-6-4-3-5-7-10)11-8-12(18)13(19)9-14(11)24(15)17/h3-9H,2H2,1H3,(H,20,21,23). The summed E-state index contributed by atoms with van der Waals surface area (Å²) in [7, 11) is 0. The van der Waals surface area contributed by atoms with Crippen LogP contribution in [0.25, 0.3) is 16.7 Å². The number of para-hydroxylation sites is 1. The maximum absolute atomic E-state index is 13.8. The van der Waals surface area contributed by atoms with E-state index in [0.29, 0.717) is 34.7 Å². The number of anilines is 2. The summed E-state index contributed by atoms with van der Waals surface area (Å²) in [4.78, 5) is 4.43. The number of benzene rings is 2. The van der Waals surface area contributed by atoms with Crippen molar-refractivity contribution in [1.29, 1.82) is 0 Å². The van der Waals surface area contributed by atoms with Gasteiger partial charge in [-0.15, -0.1) is 10.2 Å². The first-order valence-corrected chi connectivity index (χ1v) is 7.52. The van der Waals surface area contributed by atoms with Gasteiger partial charge in [0.1, 0.15) is 11.6 Å². The Morgan fingerprint density at radius 2 is 1.79 bits per heavy atom. The fourth-order valence-electron chi connectivity index (χ4n) is 2.68. The molecule has 0 unspecified atom stereocenters. The Balaban J connectivity index is 2.03. The van der Waals surface area contributed by atoms with E-state index in [4.69, 9.17) is 0 Å². The third-order valence-electron chi connectivity index (χ3n) is 3.81. The molecule has 2 aromatic heterocycles. The summed E-state index contributed by atoms with van der Waals surface area (Å²) >= 11 is 0. The van der Waals surface area contributed by atoms with E-state index in [9.17, 15) is 8.78 Å². The molecule has 2 aromatic carbocycles. The molecule has 4 aromatic rings. The molecule has 0 saturated heterocycles. The van der Waals surface area contributed by atoms with Gasteiger partial charge < -0.3 is 5.32 Å². The lowest BCUT2D eigenvalue weighted by Gasteiger charge is -2.11. The third-order valence-corrected chi connectivity index (χ3v) is 3.81. The molecule has 0 aliphatic heterocycles. The maximum Gasteiger partial charge on any atom is 0.257 e. The number of nitrogens with one attached hydrogen (secondary N) is 1. The van der Waals surface area contributed by atoms with E-state index in [0.717, 1.165) is 17.8 Å². The quantitative estimate of drug-likeness (QED) is 0.621. The lowest BCUT2D eigenvalue weighted by molar-refractivity contribution is 0.510.